The van der Waals surface area contributed by atoms with Crippen LogP contribution in [0.1, 0.15) is 30.5 Å². The first-order valence-electron chi connectivity index (χ1n) is 8.04. The molecule has 0 radical (unpaired) electrons. The molecule has 1 aromatic carbocycles. The summed E-state index contributed by atoms with van der Waals surface area (Å²) in [6, 6.07) is 12.8. The Morgan fingerprint density at radius 2 is 2.04 bits per heavy atom. The molecule has 0 unspecified atom stereocenters. The molecule has 24 heavy (non-hydrogen) atoms. The number of pyridine rings is 1. The Kier molecular flexibility index (Phi) is 4.04. The highest BCUT2D eigenvalue weighted by atomic mass is 19.1. The van der Waals surface area contributed by atoms with Gasteiger partial charge in [0.2, 0.25) is 11.7 Å². The number of benzene rings is 1. The molecule has 2 aromatic heterocycles. The van der Waals surface area contributed by atoms with Crippen LogP contribution in [-0.4, -0.2) is 26.6 Å². The highest BCUT2D eigenvalue weighted by Gasteiger charge is 2.31. The van der Waals surface area contributed by atoms with E-state index in [2.05, 4.69) is 20.0 Å². The first kappa shape index (κ1) is 15.0. The molecule has 1 aliphatic rings. The van der Waals surface area contributed by atoms with Crippen LogP contribution < -0.4 is 0 Å². The van der Waals surface area contributed by atoms with Gasteiger partial charge >= 0.3 is 0 Å². The van der Waals surface area contributed by atoms with Crippen molar-refractivity contribution in [2.24, 2.45) is 0 Å². The Balaban J connectivity index is 1.55. The van der Waals surface area contributed by atoms with Crippen LogP contribution >= 0.6 is 0 Å². The van der Waals surface area contributed by atoms with Crippen molar-refractivity contribution in [1.82, 2.24) is 20.0 Å². The molecule has 1 saturated heterocycles. The van der Waals surface area contributed by atoms with E-state index >= 15 is 0 Å². The van der Waals surface area contributed by atoms with Crippen molar-refractivity contribution in [1.29, 1.82) is 0 Å². The van der Waals surface area contributed by atoms with Crippen LogP contribution in [0.5, 0.6) is 0 Å². The molecule has 6 heteroatoms. The van der Waals surface area contributed by atoms with Crippen molar-refractivity contribution in [2.75, 3.05) is 6.54 Å². The largest absolute Gasteiger partial charge is 0.337 e. The molecule has 122 valence electrons. The zero-order valence-corrected chi connectivity index (χ0v) is 13.1. The lowest BCUT2D eigenvalue weighted by molar-refractivity contribution is 0.197. The summed E-state index contributed by atoms with van der Waals surface area (Å²) in [6.07, 6.45) is 3.55. The van der Waals surface area contributed by atoms with Gasteiger partial charge in [0.1, 0.15) is 5.82 Å². The monoisotopic (exact) mass is 324 g/mol. The van der Waals surface area contributed by atoms with Crippen molar-refractivity contribution < 1.29 is 8.91 Å². The second kappa shape index (κ2) is 6.49. The highest BCUT2D eigenvalue weighted by molar-refractivity contribution is 5.53. The molecule has 0 amide bonds. The normalized spacial score (nSPS) is 18.1. The topological polar surface area (TPSA) is 55.1 Å². The Morgan fingerprint density at radius 1 is 1.17 bits per heavy atom. The quantitative estimate of drug-likeness (QED) is 0.734. The lowest BCUT2D eigenvalue weighted by Crippen LogP contribution is -2.24. The van der Waals surface area contributed by atoms with E-state index in [9.17, 15) is 4.39 Å². The summed E-state index contributed by atoms with van der Waals surface area (Å²) in [5.41, 5.74) is 1.38. The van der Waals surface area contributed by atoms with E-state index in [4.69, 9.17) is 4.52 Å². The Labute approximate surface area is 139 Å². The van der Waals surface area contributed by atoms with Crippen molar-refractivity contribution in [2.45, 2.75) is 25.4 Å². The van der Waals surface area contributed by atoms with Crippen LogP contribution in [0, 0.1) is 5.82 Å². The summed E-state index contributed by atoms with van der Waals surface area (Å²) < 4.78 is 19.3. The lowest BCUT2D eigenvalue weighted by atomic mass is 10.2. The second-order valence-corrected chi connectivity index (χ2v) is 5.88. The number of hydrogen-bond acceptors (Lipinski definition) is 5. The van der Waals surface area contributed by atoms with E-state index in [-0.39, 0.29) is 11.9 Å². The maximum absolute atomic E-state index is 13.9. The molecule has 5 nitrogen and oxygen atoms in total. The summed E-state index contributed by atoms with van der Waals surface area (Å²) >= 11 is 0. The van der Waals surface area contributed by atoms with E-state index in [0.29, 0.717) is 24.0 Å². The van der Waals surface area contributed by atoms with Gasteiger partial charge in [-0.1, -0.05) is 35.5 Å². The van der Waals surface area contributed by atoms with Gasteiger partial charge in [0, 0.05) is 18.3 Å². The van der Waals surface area contributed by atoms with Gasteiger partial charge in [0.15, 0.2) is 0 Å². The smallest absolute Gasteiger partial charge is 0.244 e. The maximum Gasteiger partial charge on any atom is 0.244 e. The molecule has 1 aliphatic heterocycles. The molecule has 3 aromatic rings. The van der Waals surface area contributed by atoms with Crippen LogP contribution in [0.2, 0.25) is 0 Å². The second-order valence-electron chi connectivity index (χ2n) is 5.88. The van der Waals surface area contributed by atoms with Crippen molar-refractivity contribution in [3.63, 3.8) is 0 Å². The third kappa shape index (κ3) is 2.92. The molecule has 4 rings (SSSR count). The standard InChI is InChI=1S/C18H17FN4O/c19-14-8-4-10-20-15(14)12-23-11-5-9-16(23)18-21-17(22-24-18)13-6-2-1-3-7-13/h1-4,6-8,10,16H,5,9,11-12H2/t16-/m0/s1. The molecule has 3 heterocycles. The van der Waals surface area contributed by atoms with E-state index in [1.165, 1.54) is 6.07 Å². The van der Waals surface area contributed by atoms with Gasteiger partial charge in [-0.05, 0) is 31.5 Å². The zero-order chi connectivity index (χ0) is 16.4. The maximum atomic E-state index is 13.9. The number of hydrogen-bond donors (Lipinski definition) is 0. The fourth-order valence-corrected chi connectivity index (χ4v) is 3.10. The van der Waals surface area contributed by atoms with Crippen molar-refractivity contribution in [3.8, 4) is 11.4 Å². The number of aromatic nitrogens is 3. The summed E-state index contributed by atoms with van der Waals surface area (Å²) in [6.45, 7) is 1.31. The molecule has 1 fully saturated rings. The molecular weight excluding hydrogens is 307 g/mol. The number of nitrogens with zero attached hydrogens (tertiary/aromatic N) is 4. The van der Waals surface area contributed by atoms with E-state index in [0.717, 1.165) is 24.9 Å². The fraction of sp³-hybridized carbons (Fsp3) is 0.278. The summed E-state index contributed by atoms with van der Waals surface area (Å²) in [5.74, 6) is 0.891. The van der Waals surface area contributed by atoms with Crippen LogP contribution in [0.4, 0.5) is 4.39 Å². The molecule has 0 spiro atoms. The molecule has 0 bridgehead atoms. The lowest BCUT2D eigenvalue weighted by Gasteiger charge is -2.21. The molecule has 0 saturated carbocycles. The number of rotatable bonds is 4. The van der Waals surface area contributed by atoms with Crippen LogP contribution in [0.25, 0.3) is 11.4 Å². The van der Waals surface area contributed by atoms with Gasteiger partial charge in [-0.25, -0.2) is 4.39 Å². The van der Waals surface area contributed by atoms with Gasteiger partial charge in [0.25, 0.3) is 0 Å². The van der Waals surface area contributed by atoms with Crippen molar-refractivity contribution in [3.05, 3.63) is 66.1 Å². The van der Waals surface area contributed by atoms with Gasteiger partial charge in [-0.15, -0.1) is 0 Å². The Hall–Kier alpha value is -2.60. The summed E-state index contributed by atoms with van der Waals surface area (Å²) in [7, 11) is 0. The third-order valence-electron chi connectivity index (χ3n) is 4.31. The number of likely N-dealkylation sites (tertiary alicyclic amines) is 1. The molecule has 0 N–H and O–H groups in total. The Morgan fingerprint density at radius 3 is 2.88 bits per heavy atom. The molecular formula is C18H17FN4O. The van der Waals surface area contributed by atoms with E-state index < -0.39 is 0 Å². The predicted molar refractivity (Wildman–Crippen MR) is 86.3 cm³/mol. The minimum atomic E-state index is -0.279. The third-order valence-corrected chi connectivity index (χ3v) is 4.31. The SMILES string of the molecule is Fc1cccnc1CN1CCC[C@H]1c1nc(-c2ccccc2)no1. The van der Waals surface area contributed by atoms with E-state index in [1.54, 1.807) is 12.3 Å². The highest BCUT2D eigenvalue weighted by Crippen LogP contribution is 2.33. The predicted octanol–water partition coefficient (Wildman–Crippen LogP) is 3.61. The minimum absolute atomic E-state index is 0.0105. The van der Waals surface area contributed by atoms with Crippen LogP contribution in [0.3, 0.4) is 0 Å². The zero-order valence-electron chi connectivity index (χ0n) is 13.1. The Bertz CT molecular complexity index is 821. The van der Waals surface area contributed by atoms with E-state index in [1.807, 2.05) is 30.3 Å². The van der Waals surface area contributed by atoms with Gasteiger partial charge < -0.3 is 4.52 Å². The van der Waals surface area contributed by atoms with Crippen molar-refractivity contribution >= 4 is 0 Å². The van der Waals surface area contributed by atoms with Gasteiger partial charge in [-0.3, -0.25) is 9.88 Å². The van der Waals surface area contributed by atoms with Gasteiger partial charge in [0.05, 0.1) is 11.7 Å². The fourth-order valence-electron chi connectivity index (χ4n) is 3.10. The molecule has 0 aliphatic carbocycles. The first-order chi connectivity index (χ1) is 11.8. The number of halogens is 1. The van der Waals surface area contributed by atoms with Gasteiger partial charge in [-0.2, -0.15) is 4.98 Å². The molecule has 1 atom stereocenters. The van der Waals surface area contributed by atoms with Crippen LogP contribution in [-0.2, 0) is 6.54 Å². The average molecular weight is 324 g/mol. The first-order valence-corrected chi connectivity index (χ1v) is 8.04. The minimum Gasteiger partial charge on any atom is -0.337 e. The summed E-state index contributed by atoms with van der Waals surface area (Å²) in [5, 5.41) is 4.09. The average Bonchev–Trinajstić information content (AvgIpc) is 3.27. The summed E-state index contributed by atoms with van der Waals surface area (Å²) in [4.78, 5) is 10.8. The van der Waals surface area contributed by atoms with Crippen LogP contribution in [0.15, 0.2) is 53.2 Å².